The van der Waals surface area contributed by atoms with Gasteiger partial charge in [-0.15, -0.1) is 0 Å². The maximum absolute atomic E-state index is 12.1. The molecule has 0 aliphatic carbocycles. The molecule has 0 aliphatic heterocycles. The number of rotatable bonds is 5. The van der Waals surface area contributed by atoms with Gasteiger partial charge < -0.3 is 10.1 Å². The van der Waals surface area contributed by atoms with Crippen LogP contribution in [-0.2, 0) is 7.05 Å². The van der Waals surface area contributed by atoms with E-state index in [1.807, 2.05) is 45.2 Å². The third-order valence-corrected chi connectivity index (χ3v) is 3.47. The number of methoxy groups -OCH3 is 1. The van der Waals surface area contributed by atoms with Crippen LogP contribution in [0.5, 0.6) is 5.75 Å². The van der Waals surface area contributed by atoms with Crippen LogP contribution < -0.4 is 10.1 Å². The second-order valence-corrected chi connectivity index (χ2v) is 5.05. The van der Waals surface area contributed by atoms with Gasteiger partial charge in [-0.2, -0.15) is 5.10 Å². The van der Waals surface area contributed by atoms with E-state index in [4.69, 9.17) is 4.74 Å². The number of benzene rings is 1. The molecule has 0 radical (unpaired) electrons. The number of carbonyl (C=O) groups is 1. The highest BCUT2D eigenvalue weighted by atomic mass is 16.5. The van der Waals surface area contributed by atoms with Crippen molar-refractivity contribution in [2.24, 2.45) is 7.05 Å². The molecule has 0 bridgehead atoms. The minimum Gasteiger partial charge on any atom is -0.497 e. The molecule has 1 heterocycles. The molecule has 1 N–H and O–H groups in total. The van der Waals surface area contributed by atoms with Gasteiger partial charge in [-0.05, 0) is 31.5 Å². The van der Waals surface area contributed by atoms with Crippen LogP contribution in [0.1, 0.15) is 30.8 Å². The zero-order valence-electron chi connectivity index (χ0n) is 12.9. The van der Waals surface area contributed by atoms with E-state index in [0.29, 0.717) is 5.69 Å². The molecule has 112 valence electrons. The Morgan fingerprint density at radius 3 is 2.86 bits per heavy atom. The zero-order valence-corrected chi connectivity index (χ0v) is 12.9. The number of aromatic nitrogens is 2. The summed E-state index contributed by atoms with van der Waals surface area (Å²) < 4.78 is 6.94. The number of aryl methyl sites for hydroxylation is 1. The lowest BCUT2D eigenvalue weighted by atomic mass is 10.1. The van der Waals surface area contributed by atoms with Crippen molar-refractivity contribution >= 4 is 5.91 Å². The Hall–Kier alpha value is -2.30. The Bertz CT molecular complexity index is 634. The van der Waals surface area contributed by atoms with Gasteiger partial charge in [0.15, 0.2) is 5.69 Å². The van der Waals surface area contributed by atoms with Crippen molar-refractivity contribution in [2.45, 2.75) is 26.3 Å². The summed E-state index contributed by atoms with van der Waals surface area (Å²) >= 11 is 0. The summed E-state index contributed by atoms with van der Waals surface area (Å²) in [6, 6.07) is 9.63. The minimum atomic E-state index is -0.144. The van der Waals surface area contributed by atoms with Crippen LogP contribution in [0.3, 0.4) is 0 Å². The van der Waals surface area contributed by atoms with Crippen LogP contribution in [0.15, 0.2) is 30.3 Å². The van der Waals surface area contributed by atoms with Crippen LogP contribution in [0, 0.1) is 0 Å². The van der Waals surface area contributed by atoms with E-state index in [9.17, 15) is 4.79 Å². The van der Waals surface area contributed by atoms with E-state index in [2.05, 4.69) is 10.4 Å². The summed E-state index contributed by atoms with van der Waals surface area (Å²) in [5, 5.41) is 7.21. The summed E-state index contributed by atoms with van der Waals surface area (Å²) in [6.45, 7) is 4.01. The average molecular weight is 287 g/mol. The number of amides is 1. The molecule has 1 aromatic carbocycles. The Labute approximate surface area is 124 Å². The number of nitrogens with one attached hydrogen (secondary N) is 1. The third-order valence-electron chi connectivity index (χ3n) is 3.47. The molecule has 2 rings (SSSR count). The largest absolute Gasteiger partial charge is 0.497 e. The molecule has 1 atom stereocenters. The Balaban J connectivity index is 2.28. The number of hydrogen-bond donors (Lipinski definition) is 1. The Kier molecular flexibility index (Phi) is 4.62. The van der Waals surface area contributed by atoms with Crippen molar-refractivity contribution in [1.82, 2.24) is 15.1 Å². The van der Waals surface area contributed by atoms with Gasteiger partial charge >= 0.3 is 0 Å². The number of carbonyl (C=O) groups excluding carboxylic acids is 1. The maximum Gasteiger partial charge on any atom is 0.272 e. The fraction of sp³-hybridized carbons (Fsp3) is 0.375. The van der Waals surface area contributed by atoms with Gasteiger partial charge in [-0.3, -0.25) is 9.48 Å². The lowest BCUT2D eigenvalue weighted by molar-refractivity contribution is 0.0933. The van der Waals surface area contributed by atoms with Crippen molar-refractivity contribution in [3.05, 3.63) is 36.0 Å². The topological polar surface area (TPSA) is 56.1 Å². The number of nitrogens with zero attached hydrogens (tertiary/aromatic N) is 2. The molecule has 1 aromatic heterocycles. The molecule has 0 fully saturated rings. The van der Waals surface area contributed by atoms with E-state index < -0.39 is 0 Å². The fourth-order valence-corrected chi connectivity index (χ4v) is 2.03. The normalized spacial score (nSPS) is 12.0. The molecular weight excluding hydrogens is 266 g/mol. The van der Waals surface area contributed by atoms with Gasteiger partial charge in [-0.25, -0.2) is 0 Å². The first-order valence-electron chi connectivity index (χ1n) is 7.04. The SMILES string of the molecule is CCC(C)NC(=O)c1cc(-c2cccc(OC)c2)n(C)n1. The molecule has 0 aliphatic rings. The molecule has 1 amide bonds. The maximum atomic E-state index is 12.1. The molecule has 0 spiro atoms. The second kappa shape index (κ2) is 6.43. The van der Waals surface area contributed by atoms with Gasteiger partial charge in [0.1, 0.15) is 5.75 Å². The fourth-order valence-electron chi connectivity index (χ4n) is 2.03. The molecule has 5 heteroatoms. The summed E-state index contributed by atoms with van der Waals surface area (Å²) in [4.78, 5) is 12.1. The first-order chi connectivity index (χ1) is 10.0. The highest BCUT2D eigenvalue weighted by Gasteiger charge is 2.15. The highest BCUT2D eigenvalue weighted by molar-refractivity contribution is 5.93. The molecule has 0 saturated heterocycles. The zero-order chi connectivity index (χ0) is 15.4. The van der Waals surface area contributed by atoms with Crippen molar-refractivity contribution in [3.8, 4) is 17.0 Å². The quantitative estimate of drug-likeness (QED) is 0.919. The summed E-state index contributed by atoms with van der Waals surface area (Å²) in [6.07, 6.45) is 0.890. The first kappa shape index (κ1) is 15.1. The van der Waals surface area contributed by atoms with Gasteiger partial charge in [0.25, 0.3) is 5.91 Å². The third kappa shape index (κ3) is 3.42. The van der Waals surface area contributed by atoms with Crippen molar-refractivity contribution < 1.29 is 9.53 Å². The van der Waals surface area contributed by atoms with E-state index in [-0.39, 0.29) is 11.9 Å². The van der Waals surface area contributed by atoms with Gasteiger partial charge in [0.05, 0.1) is 12.8 Å². The Morgan fingerprint density at radius 1 is 1.43 bits per heavy atom. The summed E-state index contributed by atoms with van der Waals surface area (Å²) in [7, 11) is 3.46. The molecule has 21 heavy (non-hydrogen) atoms. The van der Waals surface area contributed by atoms with E-state index in [1.54, 1.807) is 17.9 Å². The van der Waals surface area contributed by atoms with Crippen LogP contribution in [0.2, 0.25) is 0 Å². The lowest BCUT2D eigenvalue weighted by Gasteiger charge is -2.09. The summed E-state index contributed by atoms with van der Waals surface area (Å²) in [5.74, 6) is 0.633. The smallest absolute Gasteiger partial charge is 0.272 e. The predicted octanol–water partition coefficient (Wildman–Crippen LogP) is 2.62. The summed E-state index contributed by atoms with van der Waals surface area (Å²) in [5.41, 5.74) is 2.27. The molecule has 1 unspecified atom stereocenters. The average Bonchev–Trinajstić information content (AvgIpc) is 2.89. The second-order valence-electron chi connectivity index (χ2n) is 5.05. The van der Waals surface area contributed by atoms with Crippen molar-refractivity contribution in [1.29, 1.82) is 0 Å². The first-order valence-corrected chi connectivity index (χ1v) is 7.04. The van der Waals surface area contributed by atoms with Crippen molar-refractivity contribution in [2.75, 3.05) is 7.11 Å². The van der Waals surface area contributed by atoms with E-state index in [1.165, 1.54) is 0 Å². The van der Waals surface area contributed by atoms with Crippen molar-refractivity contribution in [3.63, 3.8) is 0 Å². The van der Waals surface area contributed by atoms with Gasteiger partial charge in [-0.1, -0.05) is 19.1 Å². The monoisotopic (exact) mass is 287 g/mol. The molecule has 2 aromatic rings. The number of ether oxygens (including phenoxy) is 1. The standard InChI is InChI=1S/C16H21N3O2/c1-5-11(2)17-16(20)14-10-15(19(3)18-14)12-7-6-8-13(9-12)21-4/h6-11H,5H2,1-4H3,(H,17,20). The van der Waals surface area contributed by atoms with E-state index in [0.717, 1.165) is 23.4 Å². The number of hydrogen-bond acceptors (Lipinski definition) is 3. The lowest BCUT2D eigenvalue weighted by Crippen LogP contribution is -2.32. The van der Waals surface area contributed by atoms with E-state index >= 15 is 0 Å². The van der Waals surface area contributed by atoms with Crippen LogP contribution >= 0.6 is 0 Å². The Morgan fingerprint density at radius 2 is 2.19 bits per heavy atom. The molecule has 5 nitrogen and oxygen atoms in total. The highest BCUT2D eigenvalue weighted by Crippen LogP contribution is 2.24. The molecule has 0 saturated carbocycles. The predicted molar refractivity (Wildman–Crippen MR) is 82.4 cm³/mol. The van der Waals surface area contributed by atoms with Crippen LogP contribution in [-0.4, -0.2) is 28.8 Å². The van der Waals surface area contributed by atoms with Gasteiger partial charge in [0, 0.05) is 18.7 Å². The van der Waals surface area contributed by atoms with Crippen LogP contribution in [0.25, 0.3) is 11.3 Å². The molecular formula is C16H21N3O2. The van der Waals surface area contributed by atoms with Crippen LogP contribution in [0.4, 0.5) is 0 Å². The minimum absolute atomic E-state index is 0.139. The van der Waals surface area contributed by atoms with Gasteiger partial charge in [0.2, 0.25) is 0 Å².